The Morgan fingerprint density at radius 2 is 1.90 bits per heavy atom. The fraction of sp³-hybridized carbons (Fsp3) is 0.529. The molecule has 1 aromatic rings. The van der Waals surface area contributed by atoms with Crippen LogP contribution in [-0.2, 0) is 0 Å². The first kappa shape index (κ1) is 16.4. The third-order valence-corrected chi connectivity index (χ3v) is 3.28. The van der Waals surface area contributed by atoms with Crippen LogP contribution in [0.4, 0.5) is 0 Å². The first-order chi connectivity index (χ1) is 9.65. The largest absolute Gasteiger partial charge is 0.271 e. The minimum Gasteiger partial charge on any atom is -0.267 e. The number of unbranched alkanes of at least 4 members (excludes halogenated alkanes) is 4. The molecular weight excluding hydrogens is 248 g/mol. The first-order valence-electron chi connectivity index (χ1n) is 7.57. The highest BCUT2D eigenvalue weighted by atomic mass is 16.2. The molecule has 110 valence electrons. The van der Waals surface area contributed by atoms with Crippen LogP contribution in [-0.4, -0.2) is 12.1 Å². The maximum absolute atomic E-state index is 11.8. The second-order valence-electron chi connectivity index (χ2n) is 5.38. The van der Waals surface area contributed by atoms with Gasteiger partial charge in [0, 0.05) is 11.8 Å². The van der Waals surface area contributed by atoms with E-state index in [4.69, 9.17) is 0 Å². The van der Waals surface area contributed by atoms with Gasteiger partial charge >= 0.3 is 0 Å². The summed E-state index contributed by atoms with van der Waals surface area (Å²) >= 11 is 0. The average Bonchev–Trinajstić information content (AvgIpc) is 2.46. The van der Waals surface area contributed by atoms with Crippen LogP contribution in [0.25, 0.3) is 0 Å². The van der Waals surface area contributed by atoms with Gasteiger partial charge in [-0.3, -0.25) is 4.79 Å². The quantitative estimate of drug-likeness (QED) is 0.423. The van der Waals surface area contributed by atoms with Crippen LogP contribution in [0.2, 0.25) is 0 Å². The molecule has 3 nitrogen and oxygen atoms in total. The van der Waals surface area contributed by atoms with E-state index in [1.807, 2.05) is 24.3 Å². The van der Waals surface area contributed by atoms with Gasteiger partial charge in [-0.2, -0.15) is 5.10 Å². The molecule has 3 heteroatoms. The number of benzene rings is 1. The Kier molecular flexibility index (Phi) is 7.63. The molecule has 0 aliphatic rings. The summed E-state index contributed by atoms with van der Waals surface area (Å²) < 4.78 is 0. The molecule has 1 aromatic carbocycles. The third-order valence-electron chi connectivity index (χ3n) is 3.28. The van der Waals surface area contributed by atoms with Gasteiger partial charge in [0.1, 0.15) is 0 Å². The minimum atomic E-state index is -0.148. The van der Waals surface area contributed by atoms with E-state index in [9.17, 15) is 4.79 Å². The zero-order chi connectivity index (χ0) is 14.8. The molecule has 1 N–H and O–H groups in total. The van der Waals surface area contributed by atoms with Crippen LogP contribution in [0.15, 0.2) is 29.4 Å². The number of carbonyl (C=O) groups excluding carboxylic acids is 1. The fourth-order valence-corrected chi connectivity index (χ4v) is 1.92. The van der Waals surface area contributed by atoms with Crippen LogP contribution < -0.4 is 5.43 Å². The van der Waals surface area contributed by atoms with Crippen LogP contribution in [0.3, 0.4) is 0 Å². The Morgan fingerprint density at radius 3 is 2.50 bits per heavy atom. The number of carbonyl (C=O) groups is 1. The van der Waals surface area contributed by atoms with Crippen LogP contribution >= 0.6 is 0 Å². The van der Waals surface area contributed by atoms with E-state index in [2.05, 4.69) is 31.3 Å². The third kappa shape index (κ3) is 6.00. The molecule has 0 saturated heterocycles. The summed E-state index contributed by atoms with van der Waals surface area (Å²) in [4.78, 5) is 11.8. The Labute approximate surface area is 122 Å². The van der Waals surface area contributed by atoms with E-state index < -0.39 is 0 Å². The fourth-order valence-electron chi connectivity index (χ4n) is 1.92. The maximum atomic E-state index is 11.8. The Morgan fingerprint density at radius 1 is 1.20 bits per heavy atom. The van der Waals surface area contributed by atoms with Gasteiger partial charge in [-0.1, -0.05) is 52.2 Å². The molecule has 0 atom stereocenters. The highest BCUT2D eigenvalue weighted by Gasteiger charge is 2.04. The minimum absolute atomic E-state index is 0.148. The van der Waals surface area contributed by atoms with Gasteiger partial charge in [0.2, 0.25) is 0 Å². The van der Waals surface area contributed by atoms with E-state index in [-0.39, 0.29) is 5.91 Å². The van der Waals surface area contributed by atoms with E-state index in [0.29, 0.717) is 11.5 Å². The van der Waals surface area contributed by atoms with E-state index in [1.165, 1.54) is 24.8 Å². The zero-order valence-corrected chi connectivity index (χ0v) is 12.9. The molecule has 0 saturated carbocycles. The standard InChI is InChI=1S/C17H26N2O/c1-4-5-6-7-8-13-18-19-17(20)16-11-9-15(10-12-16)14(2)3/h9-14H,4-8H2,1-3H3,(H,19,20). The van der Waals surface area contributed by atoms with Gasteiger partial charge in [0.05, 0.1) is 0 Å². The van der Waals surface area contributed by atoms with Gasteiger partial charge in [0.25, 0.3) is 5.91 Å². The Balaban J connectivity index is 2.33. The molecule has 20 heavy (non-hydrogen) atoms. The summed E-state index contributed by atoms with van der Waals surface area (Å²) in [6.07, 6.45) is 7.58. The van der Waals surface area contributed by atoms with Crippen LogP contribution in [0.1, 0.15) is 74.7 Å². The van der Waals surface area contributed by atoms with Crippen molar-refractivity contribution in [1.82, 2.24) is 5.43 Å². The predicted molar refractivity (Wildman–Crippen MR) is 85.2 cm³/mol. The summed E-state index contributed by atoms with van der Waals surface area (Å²) in [5.74, 6) is 0.332. The number of hydrogen-bond donors (Lipinski definition) is 1. The number of amides is 1. The van der Waals surface area contributed by atoms with Gasteiger partial charge in [-0.25, -0.2) is 5.43 Å². The van der Waals surface area contributed by atoms with E-state index in [1.54, 1.807) is 6.21 Å². The molecule has 0 aromatic heterocycles. The van der Waals surface area contributed by atoms with Crippen molar-refractivity contribution in [3.05, 3.63) is 35.4 Å². The molecule has 0 fully saturated rings. The number of nitrogens with zero attached hydrogens (tertiary/aromatic N) is 1. The molecule has 0 unspecified atom stereocenters. The summed E-state index contributed by atoms with van der Waals surface area (Å²) in [5.41, 5.74) is 4.46. The highest BCUT2D eigenvalue weighted by Crippen LogP contribution is 2.14. The van der Waals surface area contributed by atoms with Gasteiger partial charge in [0.15, 0.2) is 0 Å². The smallest absolute Gasteiger partial charge is 0.267 e. The van der Waals surface area contributed by atoms with Gasteiger partial charge < -0.3 is 0 Å². The van der Waals surface area contributed by atoms with Crippen molar-refractivity contribution in [1.29, 1.82) is 0 Å². The Hall–Kier alpha value is -1.64. The second-order valence-corrected chi connectivity index (χ2v) is 5.38. The molecule has 0 radical (unpaired) electrons. The lowest BCUT2D eigenvalue weighted by Crippen LogP contribution is -2.17. The number of hydrazone groups is 1. The van der Waals surface area contributed by atoms with Crippen molar-refractivity contribution in [2.75, 3.05) is 0 Å². The number of rotatable bonds is 8. The van der Waals surface area contributed by atoms with Crippen molar-refractivity contribution in [3.63, 3.8) is 0 Å². The van der Waals surface area contributed by atoms with Crippen molar-refractivity contribution in [2.24, 2.45) is 5.10 Å². The summed E-state index contributed by atoms with van der Waals surface area (Å²) in [7, 11) is 0. The molecular formula is C17H26N2O. The monoisotopic (exact) mass is 274 g/mol. The SMILES string of the molecule is CCCCCCC=NNC(=O)c1ccc(C(C)C)cc1. The average molecular weight is 274 g/mol. The van der Waals surface area contributed by atoms with Crippen LogP contribution in [0.5, 0.6) is 0 Å². The molecule has 0 heterocycles. The molecule has 1 rings (SSSR count). The maximum Gasteiger partial charge on any atom is 0.271 e. The zero-order valence-electron chi connectivity index (χ0n) is 12.9. The molecule has 0 spiro atoms. The van der Waals surface area contributed by atoms with E-state index in [0.717, 1.165) is 12.8 Å². The van der Waals surface area contributed by atoms with Crippen molar-refractivity contribution in [2.45, 2.75) is 58.8 Å². The van der Waals surface area contributed by atoms with Crippen molar-refractivity contribution < 1.29 is 4.79 Å². The first-order valence-corrected chi connectivity index (χ1v) is 7.57. The van der Waals surface area contributed by atoms with Crippen LogP contribution in [0, 0.1) is 0 Å². The summed E-state index contributed by atoms with van der Waals surface area (Å²) in [5, 5.41) is 3.98. The second kappa shape index (κ2) is 9.29. The van der Waals surface area contributed by atoms with Crippen molar-refractivity contribution in [3.8, 4) is 0 Å². The Bertz CT molecular complexity index is 421. The summed E-state index contributed by atoms with van der Waals surface area (Å²) in [6, 6.07) is 7.69. The molecule has 0 aliphatic heterocycles. The number of nitrogens with one attached hydrogen (secondary N) is 1. The van der Waals surface area contributed by atoms with Crippen molar-refractivity contribution >= 4 is 12.1 Å². The number of hydrogen-bond acceptors (Lipinski definition) is 2. The lowest BCUT2D eigenvalue weighted by atomic mass is 10.0. The van der Waals surface area contributed by atoms with Gasteiger partial charge in [-0.15, -0.1) is 0 Å². The predicted octanol–water partition coefficient (Wildman–Crippen LogP) is 4.50. The molecule has 1 amide bonds. The van der Waals surface area contributed by atoms with Gasteiger partial charge in [-0.05, 0) is 36.5 Å². The lowest BCUT2D eigenvalue weighted by Gasteiger charge is -2.05. The molecule has 0 aliphatic carbocycles. The molecule has 0 bridgehead atoms. The topological polar surface area (TPSA) is 41.5 Å². The highest BCUT2D eigenvalue weighted by molar-refractivity contribution is 5.94. The normalized spacial score (nSPS) is 11.2. The summed E-state index contributed by atoms with van der Waals surface area (Å²) in [6.45, 7) is 6.47. The lowest BCUT2D eigenvalue weighted by molar-refractivity contribution is 0.0955. The van der Waals surface area contributed by atoms with E-state index >= 15 is 0 Å².